The van der Waals surface area contributed by atoms with Gasteiger partial charge in [0.1, 0.15) is 11.9 Å². The smallest absolute Gasteiger partial charge is 0.248 e. The van der Waals surface area contributed by atoms with Crippen molar-refractivity contribution in [2.24, 2.45) is 12.8 Å². The van der Waals surface area contributed by atoms with Crippen LogP contribution in [-0.2, 0) is 20.0 Å². The first-order chi connectivity index (χ1) is 13.4. The molecule has 7 nitrogen and oxygen atoms in total. The Hall–Kier alpha value is -3.35. The van der Waals surface area contributed by atoms with Crippen molar-refractivity contribution in [1.82, 2.24) is 14.8 Å². The highest BCUT2D eigenvalue weighted by Crippen LogP contribution is 2.32. The second-order valence-corrected chi connectivity index (χ2v) is 7.26. The van der Waals surface area contributed by atoms with E-state index in [-0.39, 0.29) is 6.10 Å². The minimum absolute atomic E-state index is 0.211. The molecule has 7 heteroatoms. The number of nitrogens with zero attached hydrogens (tertiary/aromatic N) is 4. The van der Waals surface area contributed by atoms with Crippen LogP contribution in [0.2, 0.25) is 0 Å². The summed E-state index contributed by atoms with van der Waals surface area (Å²) < 4.78 is 7.75. The number of ether oxygens (including phenoxy) is 1. The Bertz CT molecular complexity index is 1040. The number of primary amides is 1. The van der Waals surface area contributed by atoms with E-state index < -0.39 is 5.91 Å². The Labute approximate surface area is 163 Å². The predicted octanol–water partition coefficient (Wildman–Crippen LogP) is 2.54. The molecule has 2 aromatic carbocycles. The summed E-state index contributed by atoms with van der Waals surface area (Å²) in [6.07, 6.45) is 1.12. The molecule has 1 aromatic heterocycles. The van der Waals surface area contributed by atoms with Crippen LogP contribution in [-0.4, -0.2) is 33.8 Å². The van der Waals surface area contributed by atoms with Gasteiger partial charge in [-0.15, -0.1) is 10.2 Å². The summed E-state index contributed by atoms with van der Waals surface area (Å²) in [6, 6.07) is 13.5. The van der Waals surface area contributed by atoms with Crippen LogP contribution in [0.1, 0.15) is 28.4 Å². The number of carbonyl (C=O) groups is 1. The Balaban J connectivity index is 1.58. The number of rotatable bonds is 5. The quantitative estimate of drug-likeness (QED) is 0.738. The number of hydrogen-bond donors (Lipinski definition) is 1. The molecule has 0 spiro atoms. The minimum atomic E-state index is -0.430. The molecule has 1 aliphatic heterocycles. The van der Waals surface area contributed by atoms with Crippen LogP contribution in [0.5, 0.6) is 5.75 Å². The van der Waals surface area contributed by atoms with Gasteiger partial charge in [0.05, 0.1) is 0 Å². The van der Waals surface area contributed by atoms with Crippen molar-refractivity contribution in [3.63, 3.8) is 0 Å². The summed E-state index contributed by atoms with van der Waals surface area (Å²) in [7, 11) is 3.90. The van der Waals surface area contributed by atoms with Crippen LogP contribution in [0.25, 0.3) is 11.4 Å². The third-order valence-corrected chi connectivity index (χ3v) is 4.98. The molecule has 1 amide bonds. The van der Waals surface area contributed by atoms with Crippen LogP contribution in [0.15, 0.2) is 42.5 Å². The molecule has 1 atom stereocenters. The Morgan fingerprint density at radius 2 is 2.11 bits per heavy atom. The fraction of sp³-hybridized carbons (Fsp3) is 0.286. The van der Waals surface area contributed by atoms with Crippen LogP contribution < -0.4 is 15.4 Å². The highest BCUT2D eigenvalue weighted by molar-refractivity contribution is 5.92. The maximum absolute atomic E-state index is 11.4. The van der Waals surface area contributed by atoms with Crippen LogP contribution in [0.3, 0.4) is 0 Å². The first-order valence-electron chi connectivity index (χ1n) is 9.21. The lowest BCUT2D eigenvalue weighted by molar-refractivity contribution is 0.1000. The van der Waals surface area contributed by atoms with Gasteiger partial charge >= 0.3 is 0 Å². The largest absolute Gasteiger partial charge is 0.490 e. The van der Waals surface area contributed by atoms with Gasteiger partial charge in [-0.1, -0.05) is 12.1 Å². The molecule has 0 bridgehead atoms. The van der Waals surface area contributed by atoms with E-state index in [2.05, 4.69) is 23.2 Å². The molecule has 28 heavy (non-hydrogen) atoms. The van der Waals surface area contributed by atoms with Gasteiger partial charge in [0.15, 0.2) is 5.82 Å². The van der Waals surface area contributed by atoms with Crippen molar-refractivity contribution in [2.75, 3.05) is 11.9 Å². The molecular weight excluding hydrogens is 354 g/mol. The molecular formula is C21H23N5O2. The second-order valence-electron chi connectivity index (χ2n) is 7.26. The topological polar surface area (TPSA) is 86.3 Å². The number of nitrogens with two attached hydrogens (primary N) is 1. The maximum Gasteiger partial charge on any atom is 0.248 e. The van der Waals surface area contributed by atoms with E-state index in [0.29, 0.717) is 12.1 Å². The minimum Gasteiger partial charge on any atom is -0.490 e. The number of aromatic nitrogens is 3. The average Bonchev–Trinajstić information content (AvgIpc) is 3.22. The molecule has 0 aliphatic carbocycles. The molecule has 0 radical (unpaired) electrons. The van der Waals surface area contributed by atoms with Crippen molar-refractivity contribution in [2.45, 2.75) is 26.0 Å². The van der Waals surface area contributed by atoms with Gasteiger partial charge in [-0.05, 0) is 48.4 Å². The van der Waals surface area contributed by atoms with Gasteiger partial charge in [0.25, 0.3) is 0 Å². The third-order valence-electron chi connectivity index (χ3n) is 4.98. The lowest BCUT2D eigenvalue weighted by Gasteiger charge is -2.18. The highest BCUT2D eigenvalue weighted by Gasteiger charge is 2.21. The summed E-state index contributed by atoms with van der Waals surface area (Å²) in [5.74, 6) is 2.06. The molecule has 144 valence electrons. The molecule has 3 aromatic rings. The first kappa shape index (κ1) is 18.0. The normalized spacial score (nSPS) is 15.2. The van der Waals surface area contributed by atoms with Gasteiger partial charge in [-0.3, -0.25) is 9.36 Å². The monoisotopic (exact) mass is 377 g/mol. The van der Waals surface area contributed by atoms with Crippen molar-refractivity contribution < 1.29 is 9.53 Å². The fourth-order valence-corrected chi connectivity index (χ4v) is 3.63. The van der Waals surface area contributed by atoms with Gasteiger partial charge in [0.2, 0.25) is 11.9 Å². The SMILES string of the molecule is CC1Cc2cc(-c3nnc(N(C)Cc4cccc(C(N)=O)c4)n3C)ccc2O1. The molecule has 2 heterocycles. The second kappa shape index (κ2) is 6.99. The number of hydrogen-bond acceptors (Lipinski definition) is 5. The Morgan fingerprint density at radius 3 is 2.89 bits per heavy atom. The number of amides is 1. The maximum atomic E-state index is 11.4. The predicted molar refractivity (Wildman–Crippen MR) is 107 cm³/mol. The van der Waals surface area contributed by atoms with Gasteiger partial charge < -0.3 is 15.4 Å². The molecule has 0 fully saturated rings. The van der Waals surface area contributed by atoms with Crippen molar-refractivity contribution in [3.8, 4) is 17.1 Å². The molecule has 1 aliphatic rings. The van der Waals surface area contributed by atoms with E-state index in [1.54, 1.807) is 12.1 Å². The lowest BCUT2D eigenvalue weighted by atomic mass is 10.1. The lowest BCUT2D eigenvalue weighted by Crippen LogP contribution is -2.20. The number of carbonyl (C=O) groups excluding carboxylic acids is 1. The van der Waals surface area contributed by atoms with Crippen LogP contribution >= 0.6 is 0 Å². The Kier molecular flexibility index (Phi) is 4.50. The zero-order valence-electron chi connectivity index (χ0n) is 16.2. The van der Waals surface area contributed by atoms with Gasteiger partial charge in [-0.2, -0.15) is 0 Å². The summed E-state index contributed by atoms with van der Waals surface area (Å²) in [4.78, 5) is 13.4. The van der Waals surface area contributed by atoms with E-state index >= 15 is 0 Å². The summed E-state index contributed by atoms with van der Waals surface area (Å²) in [5.41, 5.74) is 9.07. The number of benzene rings is 2. The molecule has 1 unspecified atom stereocenters. The summed E-state index contributed by atoms with van der Waals surface area (Å²) in [5, 5.41) is 8.77. The first-order valence-corrected chi connectivity index (χ1v) is 9.21. The van der Waals surface area contributed by atoms with Gasteiger partial charge in [0, 0.05) is 38.2 Å². The van der Waals surface area contributed by atoms with E-state index in [4.69, 9.17) is 10.5 Å². The zero-order valence-corrected chi connectivity index (χ0v) is 16.2. The fourth-order valence-electron chi connectivity index (χ4n) is 3.63. The molecule has 2 N–H and O–H groups in total. The molecule has 0 saturated heterocycles. The van der Waals surface area contributed by atoms with E-state index in [0.717, 1.165) is 35.1 Å². The van der Waals surface area contributed by atoms with E-state index in [9.17, 15) is 4.79 Å². The van der Waals surface area contributed by atoms with Crippen molar-refractivity contribution in [3.05, 3.63) is 59.2 Å². The zero-order chi connectivity index (χ0) is 19.8. The summed E-state index contributed by atoms with van der Waals surface area (Å²) >= 11 is 0. The van der Waals surface area contributed by atoms with Crippen molar-refractivity contribution >= 4 is 11.9 Å². The molecule has 4 rings (SSSR count). The molecule has 0 saturated carbocycles. The van der Waals surface area contributed by atoms with Gasteiger partial charge in [-0.25, -0.2) is 0 Å². The van der Waals surface area contributed by atoms with Crippen LogP contribution in [0, 0.1) is 0 Å². The summed E-state index contributed by atoms with van der Waals surface area (Å²) in [6.45, 7) is 2.66. The third kappa shape index (κ3) is 3.31. The van der Waals surface area contributed by atoms with E-state index in [1.165, 1.54) is 5.56 Å². The number of anilines is 1. The standard InChI is InChI=1S/C21H23N5O2/c1-13-9-17-11-16(7-8-18(17)28-13)20-23-24-21(26(20)3)25(2)12-14-5-4-6-15(10-14)19(22)27/h4-8,10-11,13H,9,12H2,1-3H3,(H2,22,27). The Morgan fingerprint density at radius 1 is 1.29 bits per heavy atom. The van der Waals surface area contributed by atoms with Crippen LogP contribution in [0.4, 0.5) is 5.95 Å². The average molecular weight is 377 g/mol. The number of fused-ring (bicyclic) bond motifs is 1. The van der Waals surface area contributed by atoms with Crippen molar-refractivity contribution in [1.29, 1.82) is 0 Å². The highest BCUT2D eigenvalue weighted by atomic mass is 16.5. The van der Waals surface area contributed by atoms with E-state index in [1.807, 2.05) is 47.8 Å².